The molecule has 0 amide bonds. The summed E-state index contributed by atoms with van der Waals surface area (Å²) in [5, 5.41) is 13.6. The summed E-state index contributed by atoms with van der Waals surface area (Å²) in [6.07, 6.45) is 2.31. The van der Waals surface area contributed by atoms with Crippen LogP contribution in [0.25, 0.3) is 0 Å². The number of hydrogen-bond donors (Lipinski definition) is 3. The molecule has 3 heteroatoms. The molecule has 1 heterocycles. The SMILES string of the molecule is CC1NCCNC1CC=N. The van der Waals surface area contributed by atoms with Gasteiger partial charge in [0.2, 0.25) is 0 Å². The van der Waals surface area contributed by atoms with E-state index in [1.165, 1.54) is 6.21 Å². The Bertz CT molecular complexity index is 113. The fraction of sp³-hybridized carbons (Fsp3) is 0.857. The average Bonchev–Trinajstić information content (AvgIpc) is 1.94. The Morgan fingerprint density at radius 3 is 2.80 bits per heavy atom. The van der Waals surface area contributed by atoms with Crippen molar-refractivity contribution in [1.29, 1.82) is 5.41 Å². The quantitative estimate of drug-likeness (QED) is 0.473. The van der Waals surface area contributed by atoms with Gasteiger partial charge < -0.3 is 16.0 Å². The van der Waals surface area contributed by atoms with Crippen molar-refractivity contribution in [1.82, 2.24) is 10.6 Å². The Morgan fingerprint density at radius 2 is 2.20 bits per heavy atom. The lowest BCUT2D eigenvalue weighted by Gasteiger charge is -2.30. The maximum Gasteiger partial charge on any atom is 0.0268 e. The van der Waals surface area contributed by atoms with Gasteiger partial charge in [-0.2, -0.15) is 0 Å². The second-order valence-electron chi connectivity index (χ2n) is 2.74. The maximum absolute atomic E-state index is 6.94. The summed E-state index contributed by atoms with van der Waals surface area (Å²) in [6.45, 7) is 4.23. The topological polar surface area (TPSA) is 47.9 Å². The first kappa shape index (κ1) is 7.69. The van der Waals surface area contributed by atoms with Crippen LogP contribution in [0.1, 0.15) is 13.3 Å². The third-order valence-electron chi connectivity index (χ3n) is 1.97. The van der Waals surface area contributed by atoms with Gasteiger partial charge in [-0.25, -0.2) is 0 Å². The minimum Gasteiger partial charge on any atom is -0.313 e. The van der Waals surface area contributed by atoms with Crippen LogP contribution in [0.5, 0.6) is 0 Å². The molecule has 3 N–H and O–H groups in total. The van der Waals surface area contributed by atoms with E-state index in [1.807, 2.05) is 0 Å². The first-order valence-corrected chi connectivity index (χ1v) is 3.80. The molecular weight excluding hydrogens is 126 g/mol. The number of hydrogen-bond acceptors (Lipinski definition) is 3. The van der Waals surface area contributed by atoms with Crippen LogP contribution in [0.2, 0.25) is 0 Å². The summed E-state index contributed by atoms with van der Waals surface area (Å²) in [7, 11) is 0. The van der Waals surface area contributed by atoms with Crippen molar-refractivity contribution in [2.75, 3.05) is 13.1 Å². The van der Waals surface area contributed by atoms with Crippen molar-refractivity contribution in [2.24, 2.45) is 0 Å². The number of rotatable bonds is 2. The van der Waals surface area contributed by atoms with Gasteiger partial charge in [0.05, 0.1) is 0 Å². The van der Waals surface area contributed by atoms with Crippen LogP contribution >= 0.6 is 0 Å². The summed E-state index contributed by atoms with van der Waals surface area (Å²) < 4.78 is 0. The molecular formula is C7H15N3. The third kappa shape index (κ3) is 1.78. The molecule has 1 saturated heterocycles. The molecule has 1 aliphatic rings. The fourth-order valence-electron chi connectivity index (χ4n) is 1.29. The van der Waals surface area contributed by atoms with Gasteiger partial charge in [0.15, 0.2) is 0 Å². The Hall–Kier alpha value is -0.410. The van der Waals surface area contributed by atoms with E-state index in [1.54, 1.807) is 0 Å². The standard InChI is InChI=1S/C7H15N3/c1-6-7(2-3-8)10-5-4-9-6/h3,6-10H,2,4-5H2,1H3. The summed E-state index contributed by atoms with van der Waals surface area (Å²) in [6, 6.07) is 0.974. The van der Waals surface area contributed by atoms with E-state index in [2.05, 4.69) is 17.6 Å². The lowest BCUT2D eigenvalue weighted by Crippen LogP contribution is -2.54. The van der Waals surface area contributed by atoms with E-state index in [9.17, 15) is 0 Å². The smallest absolute Gasteiger partial charge is 0.0268 e. The largest absolute Gasteiger partial charge is 0.313 e. The van der Waals surface area contributed by atoms with Crippen molar-refractivity contribution in [3.8, 4) is 0 Å². The van der Waals surface area contributed by atoms with Crippen molar-refractivity contribution >= 4 is 6.21 Å². The first-order valence-electron chi connectivity index (χ1n) is 3.80. The van der Waals surface area contributed by atoms with E-state index in [-0.39, 0.29) is 0 Å². The molecule has 1 rings (SSSR count). The summed E-state index contributed by atoms with van der Waals surface area (Å²) in [5.74, 6) is 0. The Balaban J connectivity index is 2.32. The maximum atomic E-state index is 6.94. The molecule has 2 unspecified atom stereocenters. The van der Waals surface area contributed by atoms with Gasteiger partial charge in [0.25, 0.3) is 0 Å². The number of piperazine rings is 1. The van der Waals surface area contributed by atoms with Crippen LogP contribution in [0.4, 0.5) is 0 Å². The van der Waals surface area contributed by atoms with E-state index in [0.717, 1.165) is 19.5 Å². The Labute approximate surface area is 61.7 Å². The second-order valence-corrected chi connectivity index (χ2v) is 2.74. The van der Waals surface area contributed by atoms with Gasteiger partial charge >= 0.3 is 0 Å². The molecule has 0 bridgehead atoms. The van der Waals surface area contributed by atoms with Gasteiger partial charge in [-0.1, -0.05) is 0 Å². The van der Waals surface area contributed by atoms with Gasteiger partial charge in [-0.15, -0.1) is 0 Å². The van der Waals surface area contributed by atoms with Crippen molar-refractivity contribution in [3.05, 3.63) is 0 Å². The van der Waals surface area contributed by atoms with Crippen LogP contribution in [0.15, 0.2) is 0 Å². The van der Waals surface area contributed by atoms with Crippen molar-refractivity contribution < 1.29 is 0 Å². The monoisotopic (exact) mass is 141 g/mol. The molecule has 1 aliphatic heterocycles. The van der Waals surface area contributed by atoms with Crippen LogP contribution in [0.3, 0.4) is 0 Å². The lowest BCUT2D eigenvalue weighted by molar-refractivity contribution is 0.346. The summed E-state index contributed by atoms with van der Waals surface area (Å²) in [4.78, 5) is 0. The zero-order chi connectivity index (χ0) is 7.40. The molecule has 0 aromatic heterocycles. The normalized spacial score (nSPS) is 33.7. The lowest BCUT2D eigenvalue weighted by atomic mass is 10.1. The summed E-state index contributed by atoms with van der Waals surface area (Å²) in [5.41, 5.74) is 0. The molecule has 0 radical (unpaired) electrons. The van der Waals surface area contributed by atoms with Gasteiger partial charge in [0, 0.05) is 25.2 Å². The predicted octanol–water partition coefficient (Wildman–Crippen LogP) is -0.0240. The van der Waals surface area contributed by atoms with Crippen LogP contribution in [-0.4, -0.2) is 31.4 Å². The van der Waals surface area contributed by atoms with Gasteiger partial charge in [0.1, 0.15) is 0 Å². The molecule has 1 fully saturated rings. The molecule has 3 nitrogen and oxygen atoms in total. The van der Waals surface area contributed by atoms with E-state index in [4.69, 9.17) is 5.41 Å². The predicted molar refractivity (Wildman–Crippen MR) is 42.7 cm³/mol. The van der Waals surface area contributed by atoms with Crippen LogP contribution in [0, 0.1) is 5.41 Å². The highest BCUT2D eigenvalue weighted by Gasteiger charge is 2.17. The minimum atomic E-state index is 0.464. The molecule has 0 aromatic carbocycles. The highest BCUT2D eigenvalue weighted by atomic mass is 15.1. The number of nitrogens with one attached hydrogen (secondary N) is 3. The van der Waals surface area contributed by atoms with E-state index >= 15 is 0 Å². The Kier molecular flexibility index (Phi) is 2.83. The average molecular weight is 141 g/mol. The molecule has 2 atom stereocenters. The first-order chi connectivity index (χ1) is 4.84. The van der Waals surface area contributed by atoms with E-state index in [0.29, 0.717) is 12.1 Å². The van der Waals surface area contributed by atoms with Crippen LogP contribution in [-0.2, 0) is 0 Å². The minimum absolute atomic E-state index is 0.464. The molecule has 0 aromatic rings. The molecule has 0 saturated carbocycles. The molecule has 58 valence electrons. The van der Waals surface area contributed by atoms with Crippen molar-refractivity contribution in [3.63, 3.8) is 0 Å². The molecule has 0 aliphatic carbocycles. The highest BCUT2D eigenvalue weighted by molar-refractivity contribution is 5.54. The van der Waals surface area contributed by atoms with Crippen molar-refractivity contribution in [2.45, 2.75) is 25.4 Å². The Morgan fingerprint density at radius 1 is 1.50 bits per heavy atom. The zero-order valence-corrected chi connectivity index (χ0v) is 6.35. The van der Waals surface area contributed by atoms with Gasteiger partial charge in [-0.05, 0) is 19.6 Å². The van der Waals surface area contributed by atoms with E-state index < -0.39 is 0 Å². The molecule has 0 spiro atoms. The summed E-state index contributed by atoms with van der Waals surface area (Å²) >= 11 is 0. The highest BCUT2D eigenvalue weighted by Crippen LogP contribution is 1.99. The van der Waals surface area contributed by atoms with Crippen LogP contribution < -0.4 is 10.6 Å². The molecule has 10 heavy (non-hydrogen) atoms. The zero-order valence-electron chi connectivity index (χ0n) is 6.35. The third-order valence-corrected chi connectivity index (χ3v) is 1.97. The second kappa shape index (κ2) is 3.68. The fourth-order valence-corrected chi connectivity index (χ4v) is 1.29. The van der Waals surface area contributed by atoms with Gasteiger partial charge in [-0.3, -0.25) is 0 Å².